The second-order valence-corrected chi connectivity index (χ2v) is 15.4. The van der Waals surface area contributed by atoms with Crippen molar-refractivity contribution in [1.82, 2.24) is 0 Å². The van der Waals surface area contributed by atoms with Gasteiger partial charge in [0.2, 0.25) is 0 Å². The van der Waals surface area contributed by atoms with Crippen LogP contribution in [0.15, 0.2) is 60.7 Å². The Morgan fingerprint density at radius 3 is 1.85 bits per heavy atom. The van der Waals surface area contributed by atoms with E-state index in [9.17, 15) is 4.79 Å². The van der Waals surface area contributed by atoms with Crippen LogP contribution >= 0.6 is 0 Å². The van der Waals surface area contributed by atoms with Gasteiger partial charge in [-0.25, -0.2) is 0 Å². The Balaban J connectivity index is 1.60. The second-order valence-electron chi connectivity index (χ2n) is 11.1. The van der Waals surface area contributed by atoms with Crippen LogP contribution in [0.4, 0.5) is 0 Å². The van der Waals surface area contributed by atoms with Crippen molar-refractivity contribution in [3.63, 3.8) is 0 Å². The molecule has 0 radical (unpaired) electrons. The van der Waals surface area contributed by atoms with E-state index in [0.29, 0.717) is 31.5 Å². The highest BCUT2D eigenvalue weighted by Crippen LogP contribution is 2.42. The summed E-state index contributed by atoms with van der Waals surface area (Å²) in [6.07, 6.45) is 1.41. The van der Waals surface area contributed by atoms with E-state index in [1.54, 1.807) is 0 Å². The van der Waals surface area contributed by atoms with Crippen molar-refractivity contribution < 1.29 is 18.7 Å². The highest BCUT2D eigenvalue weighted by Gasteiger charge is 2.51. The summed E-state index contributed by atoms with van der Waals surface area (Å²) >= 11 is 0. The summed E-state index contributed by atoms with van der Waals surface area (Å²) in [5, 5.41) is 2.62. The van der Waals surface area contributed by atoms with Gasteiger partial charge in [-0.15, -0.1) is 0 Å². The first-order chi connectivity index (χ1) is 15.5. The first-order valence-corrected chi connectivity index (χ1v) is 14.0. The SMILES string of the molecule is CC(C)(C)OC(=O)CCOC[C@H]1C[C@H]1CO[Si](c1ccccc1)(c1ccccc1)C(C)(C)C. The van der Waals surface area contributed by atoms with E-state index in [4.69, 9.17) is 13.9 Å². The molecule has 0 aliphatic heterocycles. The zero-order chi connectivity index (χ0) is 24.1. The molecule has 0 bridgehead atoms. The summed E-state index contributed by atoms with van der Waals surface area (Å²) in [6, 6.07) is 21.5. The molecule has 4 nitrogen and oxygen atoms in total. The summed E-state index contributed by atoms with van der Waals surface area (Å²) < 4.78 is 18.2. The molecule has 3 rings (SSSR count). The van der Waals surface area contributed by atoms with Gasteiger partial charge < -0.3 is 13.9 Å². The third-order valence-electron chi connectivity index (χ3n) is 6.20. The Hall–Kier alpha value is -1.95. The average molecular weight is 469 g/mol. The molecule has 180 valence electrons. The van der Waals surface area contributed by atoms with Crippen molar-refractivity contribution in [2.75, 3.05) is 19.8 Å². The van der Waals surface area contributed by atoms with E-state index in [-0.39, 0.29) is 11.0 Å². The van der Waals surface area contributed by atoms with Crippen molar-refractivity contribution in [1.29, 1.82) is 0 Å². The zero-order valence-corrected chi connectivity index (χ0v) is 22.1. The second kappa shape index (κ2) is 10.5. The monoisotopic (exact) mass is 468 g/mol. The largest absolute Gasteiger partial charge is 0.460 e. The van der Waals surface area contributed by atoms with Crippen LogP contribution in [0, 0.1) is 11.8 Å². The van der Waals surface area contributed by atoms with Crippen LogP contribution in [0.2, 0.25) is 5.04 Å². The minimum atomic E-state index is -2.48. The van der Waals surface area contributed by atoms with Crippen LogP contribution in [-0.2, 0) is 18.7 Å². The lowest BCUT2D eigenvalue weighted by Crippen LogP contribution is -2.66. The molecule has 1 saturated carbocycles. The molecule has 1 aliphatic rings. The maximum absolute atomic E-state index is 11.8. The van der Waals surface area contributed by atoms with Crippen molar-refractivity contribution in [2.24, 2.45) is 11.8 Å². The number of hydrogen-bond acceptors (Lipinski definition) is 4. The molecule has 0 N–H and O–H groups in total. The number of esters is 1. The number of hydrogen-bond donors (Lipinski definition) is 0. The Morgan fingerprint density at radius 1 is 0.848 bits per heavy atom. The molecule has 0 amide bonds. The Labute approximate surface area is 200 Å². The van der Waals surface area contributed by atoms with Gasteiger partial charge in [0.15, 0.2) is 0 Å². The van der Waals surface area contributed by atoms with Gasteiger partial charge in [-0.2, -0.15) is 0 Å². The lowest BCUT2D eigenvalue weighted by atomic mass is 10.2. The maximum Gasteiger partial charge on any atom is 0.308 e. The van der Waals surface area contributed by atoms with Gasteiger partial charge in [0.05, 0.1) is 13.0 Å². The number of carbonyl (C=O) groups is 1. The molecule has 1 aliphatic carbocycles. The van der Waals surface area contributed by atoms with E-state index in [1.165, 1.54) is 10.4 Å². The van der Waals surface area contributed by atoms with Crippen molar-refractivity contribution in [3.8, 4) is 0 Å². The predicted molar refractivity (Wildman–Crippen MR) is 136 cm³/mol. The van der Waals surface area contributed by atoms with E-state index in [1.807, 2.05) is 20.8 Å². The molecule has 2 aromatic carbocycles. The molecular weight excluding hydrogens is 428 g/mol. The topological polar surface area (TPSA) is 44.8 Å². The maximum atomic E-state index is 11.8. The number of carbonyl (C=O) groups excluding carboxylic acids is 1. The van der Waals surface area contributed by atoms with Crippen molar-refractivity contribution in [3.05, 3.63) is 60.7 Å². The first-order valence-electron chi connectivity index (χ1n) is 12.1. The summed E-state index contributed by atoms with van der Waals surface area (Å²) in [5.41, 5.74) is -0.447. The van der Waals surface area contributed by atoms with Gasteiger partial charge in [-0.1, -0.05) is 81.4 Å². The van der Waals surface area contributed by atoms with Crippen LogP contribution in [0.3, 0.4) is 0 Å². The molecule has 0 saturated heterocycles. The standard InChI is InChI=1S/C28H40O4Si/c1-27(2,3)32-26(29)17-18-30-20-22-19-23(22)21-31-33(28(4,5)6,24-13-9-7-10-14-24)25-15-11-8-12-16-25/h7-16,22-23H,17-21H2,1-6H3/t22-,23+/m1/s1. The predicted octanol–water partition coefficient (Wildman–Crippen LogP) is 4.95. The molecule has 0 spiro atoms. The van der Waals surface area contributed by atoms with Gasteiger partial charge in [0.1, 0.15) is 5.60 Å². The van der Waals surface area contributed by atoms with Crippen LogP contribution in [0.5, 0.6) is 0 Å². The van der Waals surface area contributed by atoms with E-state index in [2.05, 4.69) is 81.4 Å². The number of ether oxygens (including phenoxy) is 2. The molecule has 2 aromatic rings. The van der Waals surface area contributed by atoms with Crippen molar-refractivity contribution in [2.45, 2.75) is 65.0 Å². The van der Waals surface area contributed by atoms with Crippen molar-refractivity contribution >= 4 is 24.7 Å². The van der Waals surface area contributed by atoms with Gasteiger partial charge in [-0.05, 0) is 54.4 Å². The minimum Gasteiger partial charge on any atom is -0.460 e. The van der Waals surface area contributed by atoms with Gasteiger partial charge in [0.25, 0.3) is 8.32 Å². The Kier molecular flexibility index (Phi) is 8.20. The van der Waals surface area contributed by atoms with Gasteiger partial charge >= 0.3 is 5.97 Å². The smallest absolute Gasteiger partial charge is 0.308 e. The lowest BCUT2D eigenvalue weighted by molar-refractivity contribution is -0.156. The highest BCUT2D eigenvalue weighted by atomic mass is 28.4. The summed E-state index contributed by atoms with van der Waals surface area (Å²) in [5.74, 6) is 0.805. The van der Waals surface area contributed by atoms with E-state index in [0.717, 1.165) is 13.0 Å². The molecular formula is C28H40O4Si. The molecule has 1 fully saturated rings. The van der Waals surface area contributed by atoms with Crippen LogP contribution in [0.1, 0.15) is 54.4 Å². The Morgan fingerprint density at radius 2 is 1.36 bits per heavy atom. The van der Waals surface area contributed by atoms with Crippen LogP contribution in [0.25, 0.3) is 0 Å². The summed E-state index contributed by atoms with van der Waals surface area (Å²) in [4.78, 5) is 11.8. The lowest BCUT2D eigenvalue weighted by Gasteiger charge is -2.43. The van der Waals surface area contributed by atoms with E-state index < -0.39 is 13.9 Å². The van der Waals surface area contributed by atoms with Crippen LogP contribution in [-0.4, -0.2) is 39.7 Å². The molecule has 0 heterocycles. The fourth-order valence-electron chi connectivity index (χ4n) is 4.49. The van der Waals surface area contributed by atoms with Gasteiger partial charge in [-0.3, -0.25) is 4.79 Å². The zero-order valence-electron chi connectivity index (χ0n) is 21.1. The average Bonchev–Trinajstić information content (AvgIpc) is 3.49. The normalized spacial score (nSPS) is 18.7. The van der Waals surface area contributed by atoms with Gasteiger partial charge in [0, 0.05) is 13.2 Å². The minimum absolute atomic E-state index is 0.00991. The molecule has 0 aromatic heterocycles. The summed E-state index contributed by atoms with van der Waals surface area (Å²) in [6.45, 7) is 14.4. The third kappa shape index (κ3) is 6.78. The molecule has 5 heteroatoms. The quantitative estimate of drug-likeness (QED) is 0.281. The Bertz CT molecular complexity index is 844. The fourth-order valence-corrected chi connectivity index (χ4v) is 9.11. The fraction of sp³-hybridized carbons (Fsp3) is 0.536. The molecule has 0 unspecified atom stereocenters. The van der Waals surface area contributed by atoms with E-state index >= 15 is 0 Å². The van der Waals surface area contributed by atoms with Crippen LogP contribution < -0.4 is 10.4 Å². The number of benzene rings is 2. The highest BCUT2D eigenvalue weighted by molar-refractivity contribution is 6.99. The molecule has 33 heavy (non-hydrogen) atoms. The number of rotatable bonds is 10. The molecule has 2 atom stereocenters. The summed E-state index contributed by atoms with van der Waals surface area (Å²) in [7, 11) is -2.48. The first kappa shape index (κ1) is 25.7. The third-order valence-corrected chi connectivity index (χ3v) is 11.2.